The average Bonchev–Trinajstić information content (AvgIpc) is 2.30. The number of hydrogen-bond acceptors (Lipinski definition) is 4. The monoisotopic (exact) mass is 240 g/mol. The van der Waals surface area contributed by atoms with E-state index in [-0.39, 0.29) is 5.91 Å². The first-order chi connectivity index (χ1) is 8.08. The minimum Gasteiger partial charge on any atom is -0.358 e. The Morgan fingerprint density at radius 3 is 2.65 bits per heavy atom. The molecule has 0 aliphatic heterocycles. The van der Waals surface area contributed by atoms with Crippen LogP contribution in [0, 0.1) is 5.95 Å². The van der Waals surface area contributed by atoms with Gasteiger partial charge in [-0.2, -0.15) is 4.39 Å². The quantitative estimate of drug-likeness (QED) is 0.788. The molecule has 0 aliphatic carbocycles. The number of nitrogens with one attached hydrogen (secondary N) is 1. The fourth-order valence-electron chi connectivity index (χ4n) is 1.51. The first-order valence-electron chi connectivity index (χ1n) is 5.61. The van der Waals surface area contributed by atoms with Gasteiger partial charge in [-0.1, -0.05) is 0 Å². The third kappa shape index (κ3) is 3.65. The standard InChI is InChI=1S/C11H17FN4O/c1-4-16(5-2)11(17)8(3)15-10-6-9(12)13-7-14-10/h6-8H,4-5H2,1-3H3,(H,13,14,15). The van der Waals surface area contributed by atoms with E-state index in [9.17, 15) is 9.18 Å². The molecule has 0 saturated heterocycles. The number of rotatable bonds is 5. The molecule has 0 aromatic carbocycles. The van der Waals surface area contributed by atoms with Crippen LogP contribution in [0.4, 0.5) is 10.2 Å². The van der Waals surface area contributed by atoms with Gasteiger partial charge in [0.2, 0.25) is 11.9 Å². The lowest BCUT2D eigenvalue weighted by atomic mass is 10.2. The van der Waals surface area contributed by atoms with Gasteiger partial charge in [-0.05, 0) is 20.8 Å². The number of carbonyl (C=O) groups is 1. The molecule has 1 aromatic heterocycles. The molecule has 0 saturated carbocycles. The molecule has 1 N–H and O–H groups in total. The predicted octanol–water partition coefficient (Wildman–Crippen LogP) is 1.28. The van der Waals surface area contributed by atoms with Crippen molar-refractivity contribution in [1.29, 1.82) is 0 Å². The molecule has 1 unspecified atom stereocenters. The molecule has 1 amide bonds. The van der Waals surface area contributed by atoms with Crippen molar-refractivity contribution in [2.45, 2.75) is 26.8 Å². The summed E-state index contributed by atoms with van der Waals surface area (Å²) in [5, 5.41) is 2.85. The van der Waals surface area contributed by atoms with Gasteiger partial charge < -0.3 is 10.2 Å². The lowest BCUT2D eigenvalue weighted by molar-refractivity contribution is -0.131. The highest BCUT2D eigenvalue weighted by Gasteiger charge is 2.18. The Morgan fingerprint density at radius 1 is 1.47 bits per heavy atom. The molecule has 6 heteroatoms. The fraction of sp³-hybridized carbons (Fsp3) is 0.545. The van der Waals surface area contributed by atoms with Gasteiger partial charge in [0, 0.05) is 19.2 Å². The van der Waals surface area contributed by atoms with Crippen LogP contribution in [0.15, 0.2) is 12.4 Å². The molecule has 0 radical (unpaired) electrons. The maximum Gasteiger partial charge on any atom is 0.244 e. The Kier molecular flexibility index (Phi) is 4.81. The Morgan fingerprint density at radius 2 is 2.12 bits per heavy atom. The van der Waals surface area contributed by atoms with Gasteiger partial charge in [-0.25, -0.2) is 9.97 Å². The van der Waals surface area contributed by atoms with Gasteiger partial charge in [0.1, 0.15) is 18.2 Å². The number of aromatic nitrogens is 2. The van der Waals surface area contributed by atoms with Gasteiger partial charge in [0.25, 0.3) is 0 Å². The molecule has 0 bridgehead atoms. The van der Waals surface area contributed by atoms with E-state index in [4.69, 9.17) is 0 Å². The molecular formula is C11H17FN4O. The third-order valence-corrected chi connectivity index (χ3v) is 2.44. The lowest BCUT2D eigenvalue weighted by Gasteiger charge is -2.23. The average molecular weight is 240 g/mol. The van der Waals surface area contributed by atoms with E-state index in [1.165, 1.54) is 0 Å². The summed E-state index contributed by atoms with van der Waals surface area (Å²) in [6, 6.07) is 0.718. The minimum absolute atomic E-state index is 0.0333. The number of hydrogen-bond donors (Lipinski definition) is 1. The normalized spacial score (nSPS) is 12.0. The Labute approximate surface area is 100 Å². The molecule has 1 rings (SSSR count). The van der Waals surface area contributed by atoms with Crippen LogP contribution in [-0.2, 0) is 4.79 Å². The highest BCUT2D eigenvalue weighted by molar-refractivity contribution is 5.83. The highest BCUT2D eigenvalue weighted by Crippen LogP contribution is 2.06. The molecule has 94 valence electrons. The number of anilines is 1. The van der Waals surface area contributed by atoms with Crippen molar-refractivity contribution in [1.82, 2.24) is 14.9 Å². The Bertz CT molecular complexity index is 381. The van der Waals surface area contributed by atoms with Crippen molar-refractivity contribution >= 4 is 11.7 Å². The van der Waals surface area contributed by atoms with Crippen LogP contribution in [0.5, 0.6) is 0 Å². The lowest BCUT2D eigenvalue weighted by Crippen LogP contribution is -2.41. The molecule has 0 fully saturated rings. The van der Waals surface area contributed by atoms with Crippen LogP contribution in [0.2, 0.25) is 0 Å². The third-order valence-electron chi connectivity index (χ3n) is 2.44. The van der Waals surface area contributed by atoms with E-state index in [0.29, 0.717) is 18.9 Å². The summed E-state index contributed by atoms with van der Waals surface area (Å²) in [5.41, 5.74) is 0. The van der Waals surface area contributed by atoms with Crippen molar-refractivity contribution in [3.05, 3.63) is 18.3 Å². The topological polar surface area (TPSA) is 58.1 Å². The zero-order chi connectivity index (χ0) is 12.8. The first kappa shape index (κ1) is 13.3. The number of amides is 1. The summed E-state index contributed by atoms with van der Waals surface area (Å²) in [6.07, 6.45) is 1.12. The SMILES string of the molecule is CCN(CC)C(=O)C(C)Nc1cc(F)ncn1. The summed E-state index contributed by atoms with van der Waals surface area (Å²) in [5.74, 6) is -0.343. The van der Waals surface area contributed by atoms with Gasteiger partial charge >= 0.3 is 0 Å². The summed E-state index contributed by atoms with van der Waals surface area (Å²) < 4.78 is 12.8. The number of nitrogens with zero attached hydrogens (tertiary/aromatic N) is 3. The summed E-state index contributed by atoms with van der Waals surface area (Å²) in [7, 11) is 0. The molecule has 17 heavy (non-hydrogen) atoms. The smallest absolute Gasteiger partial charge is 0.244 e. The van der Waals surface area contributed by atoms with Gasteiger partial charge in [0.05, 0.1) is 0 Å². The molecule has 1 aromatic rings. The zero-order valence-corrected chi connectivity index (χ0v) is 10.3. The van der Waals surface area contributed by atoms with Crippen molar-refractivity contribution in [3.8, 4) is 0 Å². The van der Waals surface area contributed by atoms with Gasteiger partial charge in [-0.3, -0.25) is 4.79 Å². The molecule has 0 aliphatic rings. The maximum absolute atomic E-state index is 12.8. The molecule has 0 spiro atoms. The minimum atomic E-state index is -0.620. The summed E-state index contributed by atoms with van der Waals surface area (Å²) in [6.45, 7) is 6.86. The molecular weight excluding hydrogens is 223 g/mol. The second-order valence-electron chi connectivity index (χ2n) is 3.60. The van der Waals surface area contributed by atoms with Crippen molar-refractivity contribution < 1.29 is 9.18 Å². The van der Waals surface area contributed by atoms with Crippen LogP contribution in [0.1, 0.15) is 20.8 Å². The van der Waals surface area contributed by atoms with E-state index in [2.05, 4.69) is 15.3 Å². The maximum atomic E-state index is 12.8. The van der Waals surface area contributed by atoms with Crippen molar-refractivity contribution in [3.63, 3.8) is 0 Å². The van der Waals surface area contributed by atoms with Gasteiger partial charge in [-0.15, -0.1) is 0 Å². The highest BCUT2D eigenvalue weighted by atomic mass is 19.1. The Balaban J connectivity index is 2.65. The van der Waals surface area contributed by atoms with E-state index in [0.717, 1.165) is 12.4 Å². The first-order valence-corrected chi connectivity index (χ1v) is 5.61. The number of halogens is 1. The van der Waals surface area contributed by atoms with Crippen LogP contribution < -0.4 is 5.32 Å². The van der Waals surface area contributed by atoms with Crippen LogP contribution in [0.3, 0.4) is 0 Å². The van der Waals surface area contributed by atoms with E-state index >= 15 is 0 Å². The number of likely N-dealkylation sites (N-methyl/N-ethyl adjacent to an activating group) is 1. The zero-order valence-electron chi connectivity index (χ0n) is 10.3. The summed E-state index contributed by atoms with van der Waals surface area (Å²) >= 11 is 0. The van der Waals surface area contributed by atoms with Crippen molar-refractivity contribution in [2.24, 2.45) is 0 Å². The number of carbonyl (C=O) groups excluding carboxylic acids is 1. The summed E-state index contributed by atoms with van der Waals surface area (Å²) in [4.78, 5) is 20.8. The van der Waals surface area contributed by atoms with E-state index < -0.39 is 12.0 Å². The van der Waals surface area contributed by atoms with Crippen LogP contribution in [-0.4, -0.2) is 39.9 Å². The van der Waals surface area contributed by atoms with E-state index in [1.807, 2.05) is 13.8 Å². The predicted molar refractivity (Wildman–Crippen MR) is 63.0 cm³/mol. The fourth-order valence-corrected chi connectivity index (χ4v) is 1.51. The van der Waals surface area contributed by atoms with Crippen LogP contribution >= 0.6 is 0 Å². The van der Waals surface area contributed by atoms with Crippen LogP contribution in [0.25, 0.3) is 0 Å². The van der Waals surface area contributed by atoms with E-state index in [1.54, 1.807) is 11.8 Å². The van der Waals surface area contributed by atoms with Gasteiger partial charge in [0.15, 0.2) is 0 Å². The van der Waals surface area contributed by atoms with Crippen molar-refractivity contribution in [2.75, 3.05) is 18.4 Å². The Hall–Kier alpha value is -1.72. The molecule has 1 heterocycles. The second kappa shape index (κ2) is 6.12. The second-order valence-corrected chi connectivity index (χ2v) is 3.60. The molecule has 5 nitrogen and oxygen atoms in total. The molecule has 1 atom stereocenters. The largest absolute Gasteiger partial charge is 0.358 e.